The van der Waals surface area contributed by atoms with E-state index >= 15 is 0 Å². The van der Waals surface area contributed by atoms with Crippen molar-refractivity contribution in [1.82, 2.24) is 4.98 Å². The van der Waals surface area contributed by atoms with E-state index in [1.807, 2.05) is 6.07 Å². The molecule has 1 N–H and O–H groups in total. The van der Waals surface area contributed by atoms with Gasteiger partial charge in [0.05, 0.1) is 10.2 Å². The Morgan fingerprint density at radius 1 is 1.45 bits per heavy atom. The minimum Gasteiger partial charge on any atom is -0.506 e. The summed E-state index contributed by atoms with van der Waals surface area (Å²) in [6.07, 6.45) is 0. The van der Waals surface area contributed by atoms with Crippen LogP contribution in [0.15, 0.2) is 22.1 Å². The summed E-state index contributed by atoms with van der Waals surface area (Å²) < 4.78 is 1.97. The van der Waals surface area contributed by atoms with E-state index in [-0.39, 0.29) is 5.75 Å². The van der Waals surface area contributed by atoms with Gasteiger partial charge in [-0.15, -0.1) is 11.3 Å². The molecule has 1 heterocycles. The van der Waals surface area contributed by atoms with Crippen LogP contribution in [0.5, 0.6) is 5.75 Å². The summed E-state index contributed by atoms with van der Waals surface area (Å²) in [6.45, 7) is 0. The van der Waals surface area contributed by atoms with E-state index in [4.69, 9.17) is 0 Å². The molecule has 0 atom stereocenters. The van der Waals surface area contributed by atoms with Gasteiger partial charge in [-0.05, 0) is 28.1 Å². The van der Waals surface area contributed by atoms with Crippen molar-refractivity contribution >= 4 is 37.5 Å². The summed E-state index contributed by atoms with van der Waals surface area (Å²) in [6, 6.07) is 3.45. The average molecular weight is 230 g/mol. The highest BCUT2D eigenvalue weighted by Crippen LogP contribution is 2.32. The minimum absolute atomic E-state index is 0.240. The third kappa shape index (κ3) is 1.02. The lowest BCUT2D eigenvalue weighted by Gasteiger charge is -1.93. The lowest BCUT2D eigenvalue weighted by molar-refractivity contribution is 0.480. The van der Waals surface area contributed by atoms with E-state index in [9.17, 15) is 5.11 Å². The third-order valence-electron chi connectivity index (χ3n) is 1.41. The number of aromatic hydroxyl groups is 1. The number of rotatable bonds is 0. The molecular formula is C7H4BrNOS. The molecule has 0 saturated carbocycles. The molecule has 1 aromatic heterocycles. The van der Waals surface area contributed by atoms with Gasteiger partial charge in [0.25, 0.3) is 0 Å². The second-order valence-corrected chi connectivity index (χ2v) is 3.81. The molecule has 56 valence electrons. The first-order valence-corrected chi connectivity index (χ1v) is 4.67. The predicted octanol–water partition coefficient (Wildman–Crippen LogP) is 2.76. The second-order valence-electron chi connectivity index (χ2n) is 2.10. The van der Waals surface area contributed by atoms with Gasteiger partial charge in [-0.3, -0.25) is 0 Å². The van der Waals surface area contributed by atoms with Crippen molar-refractivity contribution in [2.75, 3.05) is 0 Å². The first-order chi connectivity index (χ1) is 5.29. The first kappa shape index (κ1) is 7.06. The van der Waals surface area contributed by atoms with Crippen LogP contribution in [-0.4, -0.2) is 10.1 Å². The molecule has 0 radical (unpaired) electrons. The molecule has 0 fully saturated rings. The minimum atomic E-state index is 0.240. The average Bonchev–Trinajstić information content (AvgIpc) is 2.45. The molecule has 4 heteroatoms. The molecule has 0 bridgehead atoms. The van der Waals surface area contributed by atoms with Gasteiger partial charge in [0.15, 0.2) is 0 Å². The van der Waals surface area contributed by atoms with Crippen molar-refractivity contribution in [3.8, 4) is 5.75 Å². The van der Waals surface area contributed by atoms with E-state index in [0.717, 1.165) is 9.17 Å². The summed E-state index contributed by atoms with van der Waals surface area (Å²) in [5.41, 5.74) is 2.39. The Morgan fingerprint density at radius 2 is 2.27 bits per heavy atom. The largest absolute Gasteiger partial charge is 0.506 e. The highest BCUT2D eigenvalue weighted by molar-refractivity contribution is 9.10. The van der Waals surface area contributed by atoms with Crippen LogP contribution in [-0.2, 0) is 0 Å². The molecule has 0 spiro atoms. The summed E-state index contributed by atoms with van der Waals surface area (Å²) >= 11 is 4.88. The van der Waals surface area contributed by atoms with Crippen molar-refractivity contribution in [3.05, 3.63) is 22.1 Å². The van der Waals surface area contributed by atoms with E-state index in [0.29, 0.717) is 5.52 Å². The molecule has 2 nitrogen and oxygen atoms in total. The van der Waals surface area contributed by atoms with Gasteiger partial charge in [-0.2, -0.15) is 0 Å². The fourth-order valence-electron chi connectivity index (χ4n) is 0.905. The highest BCUT2D eigenvalue weighted by Gasteiger charge is 2.04. The molecule has 0 saturated heterocycles. The van der Waals surface area contributed by atoms with Gasteiger partial charge < -0.3 is 5.11 Å². The number of fused-ring (bicyclic) bond motifs is 1. The van der Waals surface area contributed by atoms with Crippen LogP contribution in [0.4, 0.5) is 0 Å². The number of thiazole rings is 1. The Hall–Kier alpha value is -0.610. The van der Waals surface area contributed by atoms with Crippen molar-refractivity contribution in [1.29, 1.82) is 0 Å². The quantitative estimate of drug-likeness (QED) is 0.754. The molecule has 0 aliphatic rings. The number of benzene rings is 1. The van der Waals surface area contributed by atoms with Gasteiger partial charge in [0.1, 0.15) is 11.3 Å². The lowest BCUT2D eigenvalue weighted by atomic mass is 10.3. The van der Waals surface area contributed by atoms with E-state index in [1.54, 1.807) is 11.6 Å². The molecule has 1 aromatic carbocycles. The Kier molecular flexibility index (Phi) is 1.58. The lowest BCUT2D eigenvalue weighted by Crippen LogP contribution is -1.70. The van der Waals surface area contributed by atoms with Crippen LogP contribution in [0, 0.1) is 0 Å². The van der Waals surface area contributed by atoms with E-state index in [1.165, 1.54) is 11.3 Å². The van der Waals surface area contributed by atoms with Crippen LogP contribution < -0.4 is 0 Å². The van der Waals surface area contributed by atoms with Crippen LogP contribution in [0.2, 0.25) is 0 Å². The Morgan fingerprint density at radius 3 is 3.00 bits per heavy atom. The number of aromatic nitrogens is 1. The number of hydrogen-bond donors (Lipinski definition) is 1. The van der Waals surface area contributed by atoms with Gasteiger partial charge in [-0.25, -0.2) is 4.98 Å². The van der Waals surface area contributed by atoms with Crippen molar-refractivity contribution in [3.63, 3.8) is 0 Å². The van der Waals surface area contributed by atoms with Crippen molar-refractivity contribution < 1.29 is 5.11 Å². The smallest absolute Gasteiger partial charge is 0.142 e. The highest BCUT2D eigenvalue weighted by atomic mass is 79.9. The SMILES string of the molecule is Oc1ccc(Br)c2scnc12. The molecular weight excluding hydrogens is 226 g/mol. The first-order valence-electron chi connectivity index (χ1n) is 2.99. The number of hydrogen-bond acceptors (Lipinski definition) is 3. The van der Waals surface area contributed by atoms with Gasteiger partial charge >= 0.3 is 0 Å². The maximum atomic E-state index is 9.31. The number of phenols is 1. The Labute approximate surface area is 75.6 Å². The maximum Gasteiger partial charge on any atom is 0.142 e. The van der Waals surface area contributed by atoms with Gasteiger partial charge in [-0.1, -0.05) is 0 Å². The Bertz CT molecular complexity index is 362. The number of nitrogens with zero attached hydrogens (tertiary/aromatic N) is 1. The molecule has 0 unspecified atom stereocenters. The zero-order chi connectivity index (χ0) is 7.84. The fourth-order valence-corrected chi connectivity index (χ4v) is 2.22. The number of phenolic OH excluding ortho intramolecular Hbond substituents is 1. The molecule has 0 amide bonds. The molecule has 0 aliphatic heterocycles. The van der Waals surface area contributed by atoms with Gasteiger partial charge in [0.2, 0.25) is 0 Å². The normalized spacial score (nSPS) is 10.6. The van der Waals surface area contributed by atoms with Crippen LogP contribution in [0.1, 0.15) is 0 Å². The second kappa shape index (κ2) is 2.46. The van der Waals surface area contributed by atoms with Crippen LogP contribution >= 0.6 is 27.3 Å². The molecule has 2 aromatic rings. The van der Waals surface area contributed by atoms with Crippen LogP contribution in [0.25, 0.3) is 10.2 Å². The maximum absolute atomic E-state index is 9.31. The third-order valence-corrected chi connectivity index (χ3v) is 3.20. The summed E-state index contributed by atoms with van der Waals surface area (Å²) in [5.74, 6) is 0.240. The predicted molar refractivity (Wildman–Crippen MR) is 49.0 cm³/mol. The van der Waals surface area contributed by atoms with Crippen molar-refractivity contribution in [2.45, 2.75) is 0 Å². The summed E-state index contributed by atoms with van der Waals surface area (Å²) in [7, 11) is 0. The van der Waals surface area contributed by atoms with Gasteiger partial charge in [0, 0.05) is 4.47 Å². The molecule has 2 rings (SSSR count). The Balaban J connectivity index is 2.96. The summed E-state index contributed by atoms with van der Waals surface area (Å²) in [5, 5.41) is 9.31. The monoisotopic (exact) mass is 229 g/mol. The van der Waals surface area contributed by atoms with Crippen LogP contribution in [0.3, 0.4) is 0 Å². The standard InChI is InChI=1S/C7H4BrNOS/c8-4-1-2-5(10)6-7(4)11-3-9-6/h1-3,10H. The fraction of sp³-hybridized carbons (Fsp3) is 0. The molecule has 0 aliphatic carbocycles. The summed E-state index contributed by atoms with van der Waals surface area (Å²) in [4.78, 5) is 4.02. The molecule has 11 heavy (non-hydrogen) atoms. The topological polar surface area (TPSA) is 33.1 Å². The number of halogens is 1. The van der Waals surface area contributed by atoms with E-state index in [2.05, 4.69) is 20.9 Å². The zero-order valence-electron chi connectivity index (χ0n) is 5.41. The van der Waals surface area contributed by atoms with E-state index < -0.39 is 0 Å². The zero-order valence-corrected chi connectivity index (χ0v) is 7.82. The van der Waals surface area contributed by atoms with Crippen molar-refractivity contribution in [2.24, 2.45) is 0 Å².